The van der Waals surface area contributed by atoms with Crippen LogP contribution in [0.3, 0.4) is 0 Å². The lowest BCUT2D eigenvalue weighted by Crippen LogP contribution is -1.61. The van der Waals surface area contributed by atoms with E-state index >= 15 is 0 Å². The molecular weight excluding hydrogens is 184 g/mol. The van der Waals surface area contributed by atoms with Crippen LogP contribution < -0.4 is 0 Å². The van der Waals surface area contributed by atoms with Gasteiger partial charge >= 0.3 is 0 Å². The summed E-state index contributed by atoms with van der Waals surface area (Å²) in [6.07, 6.45) is 0. The molecule has 1 aromatic carbocycles. The third-order valence-electron chi connectivity index (χ3n) is 1.70. The third kappa shape index (κ3) is 1.86. The van der Waals surface area contributed by atoms with Gasteiger partial charge in [-0.2, -0.15) is 0 Å². The second-order valence-electron chi connectivity index (χ2n) is 2.47. The minimum atomic E-state index is 0.723. The average molecular weight is 197 g/mol. The predicted octanol–water partition coefficient (Wildman–Crippen LogP) is 4.42. The molecule has 0 fully saturated rings. The SMILES string of the molecule is CC.Cc1oc2ccccc2c1Cl. The van der Waals surface area contributed by atoms with Crippen LogP contribution in [0.5, 0.6) is 0 Å². The zero-order chi connectivity index (χ0) is 9.84. The predicted molar refractivity (Wildman–Crippen MR) is 57.3 cm³/mol. The number of aryl methyl sites for hydroxylation is 1. The molecule has 2 heteroatoms. The number of rotatable bonds is 0. The Bertz CT molecular complexity index is 390. The molecule has 13 heavy (non-hydrogen) atoms. The fourth-order valence-corrected chi connectivity index (χ4v) is 1.33. The smallest absolute Gasteiger partial charge is 0.135 e. The Hall–Kier alpha value is -0.950. The molecule has 0 aliphatic rings. The Balaban J connectivity index is 0.000000396. The molecule has 2 aromatic rings. The van der Waals surface area contributed by atoms with Gasteiger partial charge < -0.3 is 4.42 Å². The minimum absolute atomic E-state index is 0.723. The van der Waals surface area contributed by atoms with E-state index in [1.807, 2.05) is 45.0 Å². The van der Waals surface area contributed by atoms with E-state index in [2.05, 4.69) is 0 Å². The van der Waals surface area contributed by atoms with Crippen molar-refractivity contribution in [3.8, 4) is 0 Å². The molecule has 0 saturated heterocycles. The second kappa shape index (κ2) is 4.33. The fraction of sp³-hybridized carbons (Fsp3) is 0.273. The van der Waals surface area contributed by atoms with E-state index < -0.39 is 0 Å². The van der Waals surface area contributed by atoms with Crippen LogP contribution >= 0.6 is 11.6 Å². The number of hydrogen-bond acceptors (Lipinski definition) is 1. The van der Waals surface area contributed by atoms with Gasteiger partial charge in [-0.15, -0.1) is 0 Å². The summed E-state index contributed by atoms with van der Waals surface area (Å²) >= 11 is 5.95. The van der Waals surface area contributed by atoms with Crippen molar-refractivity contribution in [3.63, 3.8) is 0 Å². The van der Waals surface area contributed by atoms with Gasteiger partial charge in [0.25, 0.3) is 0 Å². The summed E-state index contributed by atoms with van der Waals surface area (Å²) in [5.74, 6) is 0.785. The third-order valence-corrected chi connectivity index (χ3v) is 2.17. The summed E-state index contributed by atoms with van der Waals surface area (Å²) in [4.78, 5) is 0. The first-order valence-electron chi connectivity index (χ1n) is 4.42. The normalized spacial score (nSPS) is 9.54. The summed E-state index contributed by atoms with van der Waals surface area (Å²) in [6, 6.07) is 7.74. The number of hydrogen-bond donors (Lipinski definition) is 0. The zero-order valence-corrected chi connectivity index (χ0v) is 8.85. The molecular formula is C11H13ClO. The maximum atomic E-state index is 5.95. The van der Waals surface area contributed by atoms with Gasteiger partial charge in [0.1, 0.15) is 11.3 Å². The lowest BCUT2D eigenvalue weighted by atomic mass is 10.2. The molecule has 0 amide bonds. The zero-order valence-electron chi connectivity index (χ0n) is 8.10. The number of furan rings is 1. The van der Waals surface area contributed by atoms with Crippen molar-refractivity contribution in [3.05, 3.63) is 35.0 Å². The van der Waals surface area contributed by atoms with Gasteiger partial charge in [0.05, 0.1) is 5.02 Å². The summed E-state index contributed by atoms with van der Waals surface area (Å²) in [5, 5.41) is 1.72. The van der Waals surface area contributed by atoms with E-state index in [1.165, 1.54) is 0 Å². The van der Waals surface area contributed by atoms with Gasteiger partial charge in [-0.3, -0.25) is 0 Å². The van der Waals surface area contributed by atoms with Crippen LogP contribution in [0.1, 0.15) is 19.6 Å². The largest absolute Gasteiger partial charge is 0.460 e. The number of para-hydroxylation sites is 1. The van der Waals surface area contributed by atoms with Crippen LogP contribution in [0, 0.1) is 6.92 Å². The number of benzene rings is 1. The molecule has 0 bridgehead atoms. The first-order chi connectivity index (χ1) is 6.29. The van der Waals surface area contributed by atoms with Gasteiger partial charge in [-0.25, -0.2) is 0 Å². The molecule has 70 valence electrons. The van der Waals surface area contributed by atoms with Crippen molar-refractivity contribution < 1.29 is 4.42 Å². The minimum Gasteiger partial charge on any atom is -0.460 e. The van der Waals surface area contributed by atoms with Crippen LogP contribution in [0.4, 0.5) is 0 Å². The summed E-state index contributed by atoms with van der Waals surface area (Å²) in [6.45, 7) is 5.86. The number of halogens is 1. The van der Waals surface area contributed by atoms with Crippen molar-refractivity contribution in [1.29, 1.82) is 0 Å². The van der Waals surface area contributed by atoms with E-state index in [0.717, 1.165) is 21.8 Å². The van der Waals surface area contributed by atoms with Crippen LogP contribution in [0.15, 0.2) is 28.7 Å². The molecule has 1 aromatic heterocycles. The Morgan fingerprint density at radius 2 is 1.77 bits per heavy atom. The highest BCUT2D eigenvalue weighted by Gasteiger charge is 2.05. The molecule has 0 atom stereocenters. The molecule has 0 aliphatic heterocycles. The lowest BCUT2D eigenvalue weighted by molar-refractivity contribution is 0.579. The molecule has 1 heterocycles. The first kappa shape index (κ1) is 10.1. The highest BCUT2D eigenvalue weighted by molar-refractivity contribution is 6.36. The highest BCUT2D eigenvalue weighted by atomic mass is 35.5. The van der Waals surface area contributed by atoms with Gasteiger partial charge in [-0.1, -0.05) is 37.6 Å². The number of fused-ring (bicyclic) bond motifs is 1. The quantitative estimate of drug-likeness (QED) is 0.608. The van der Waals surface area contributed by atoms with Gasteiger partial charge in [0, 0.05) is 5.39 Å². The maximum absolute atomic E-state index is 5.95. The molecule has 0 unspecified atom stereocenters. The average Bonchev–Trinajstić information content (AvgIpc) is 2.47. The van der Waals surface area contributed by atoms with Gasteiger partial charge in [0.2, 0.25) is 0 Å². The summed E-state index contributed by atoms with van der Waals surface area (Å²) in [7, 11) is 0. The molecule has 0 aliphatic carbocycles. The van der Waals surface area contributed by atoms with E-state index in [0.29, 0.717) is 0 Å². The van der Waals surface area contributed by atoms with Crippen molar-refractivity contribution in [1.82, 2.24) is 0 Å². The molecule has 0 N–H and O–H groups in total. The van der Waals surface area contributed by atoms with E-state index in [4.69, 9.17) is 16.0 Å². The Morgan fingerprint density at radius 1 is 1.15 bits per heavy atom. The van der Waals surface area contributed by atoms with Crippen molar-refractivity contribution in [2.24, 2.45) is 0 Å². The molecule has 0 saturated carbocycles. The standard InChI is InChI=1S/C9H7ClO.C2H6/c1-6-9(10)7-4-2-3-5-8(7)11-6;1-2/h2-5H,1H3;1-2H3. The molecule has 0 spiro atoms. The summed E-state index contributed by atoms with van der Waals surface area (Å²) in [5.41, 5.74) is 0.856. The van der Waals surface area contributed by atoms with E-state index in [1.54, 1.807) is 0 Å². The topological polar surface area (TPSA) is 13.1 Å². The second-order valence-corrected chi connectivity index (χ2v) is 2.85. The monoisotopic (exact) mass is 196 g/mol. The fourth-order valence-electron chi connectivity index (χ4n) is 1.14. The molecule has 2 rings (SSSR count). The Labute approximate surface area is 83.3 Å². The Kier molecular flexibility index (Phi) is 3.38. The van der Waals surface area contributed by atoms with Crippen LogP contribution in [-0.2, 0) is 0 Å². The van der Waals surface area contributed by atoms with Crippen molar-refractivity contribution in [2.75, 3.05) is 0 Å². The first-order valence-corrected chi connectivity index (χ1v) is 4.80. The van der Waals surface area contributed by atoms with E-state index in [-0.39, 0.29) is 0 Å². The Morgan fingerprint density at radius 3 is 2.38 bits per heavy atom. The molecule has 1 nitrogen and oxygen atoms in total. The van der Waals surface area contributed by atoms with Crippen molar-refractivity contribution in [2.45, 2.75) is 20.8 Å². The summed E-state index contributed by atoms with van der Waals surface area (Å²) < 4.78 is 5.37. The van der Waals surface area contributed by atoms with Gasteiger partial charge in [0.15, 0.2) is 0 Å². The van der Waals surface area contributed by atoms with E-state index in [9.17, 15) is 0 Å². The van der Waals surface area contributed by atoms with Crippen molar-refractivity contribution >= 4 is 22.6 Å². The molecule has 0 radical (unpaired) electrons. The van der Waals surface area contributed by atoms with Crippen LogP contribution in [-0.4, -0.2) is 0 Å². The lowest BCUT2D eigenvalue weighted by Gasteiger charge is -1.83. The maximum Gasteiger partial charge on any atom is 0.135 e. The highest BCUT2D eigenvalue weighted by Crippen LogP contribution is 2.28. The van der Waals surface area contributed by atoms with Crippen LogP contribution in [0.2, 0.25) is 5.02 Å². The van der Waals surface area contributed by atoms with Gasteiger partial charge in [-0.05, 0) is 19.1 Å². The van der Waals surface area contributed by atoms with Crippen LogP contribution in [0.25, 0.3) is 11.0 Å².